The monoisotopic (exact) mass is 310 g/mol. The van der Waals surface area contributed by atoms with Crippen molar-refractivity contribution in [1.82, 2.24) is 20.2 Å². The second-order valence-corrected chi connectivity index (χ2v) is 6.35. The molecule has 2 aromatic heterocycles. The van der Waals surface area contributed by atoms with Crippen LogP contribution in [0.2, 0.25) is 0 Å². The van der Waals surface area contributed by atoms with Gasteiger partial charge in [0.25, 0.3) is 0 Å². The number of hydrogen-bond donors (Lipinski definition) is 0. The summed E-state index contributed by atoms with van der Waals surface area (Å²) in [4.78, 5) is 10.5. The zero-order valence-electron chi connectivity index (χ0n) is 13.1. The van der Waals surface area contributed by atoms with E-state index in [-0.39, 0.29) is 5.41 Å². The molecule has 1 saturated heterocycles. The van der Waals surface area contributed by atoms with Gasteiger partial charge in [-0.05, 0) is 18.8 Å². The predicted molar refractivity (Wildman–Crippen MR) is 81.7 cm³/mol. The molecule has 23 heavy (non-hydrogen) atoms. The summed E-state index contributed by atoms with van der Waals surface area (Å²) in [6, 6.07) is 2.19. The molecule has 2 atom stereocenters. The number of nitriles is 1. The van der Waals surface area contributed by atoms with Crippen LogP contribution in [-0.4, -0.2) is 33.3 Å². The third kappa shape index (κ3) is 2.09. The molecule has 0 unspecified atom stereocenters. The number of fused-ring (bicyclic) bond motifs is 1. The highest BCUT2D eigenvalue weighted by molar-refractivity contribution is 5.54. The molecule has 0 radical (unpaired) electrons. The van der Waals surface area contributed by atoms with Crippen LogP contribution in [0.1, 0.15) is 43.5 Å². The fourth-order valence-corrected chi connectivity index (χ4v) is 4.05. The highest BCUT2D eigenvalue weighted by Gasteiger charge is 2.54. The number of nitrogens with zero attached hydrogens (tertiary/aromatic N) is 6. The fourth-order valence-electron chi connectivity index (χ4n) is 4.05. The molecule has 4 rings (SSSR count). The Bertz CT molecular complexity index is 766. The maximum absolute atomic E-state index is 9.30. The summed E-state index contributed by atoms with van der Waals surface area (Å²) in [5, 5.41) is 17.8. The number of rotatable bonds is 3. The van der Waals surface area contributed by atoms with Crippen LogP contribution in [-0.2, 0) is 11.8 Å². The topological polar surface area (TPSA) is 91.7 Å². The Hall–Kier alpha value is -2.49. The van der Waals surface area contributed by atoms with Gasteiger partial charge in [0.05, 0.1) is 11.6 Å². The van der Waals surface area contributed by atoms with Crippen LogP contribution in [0.4, 0.5) is 5.82 Å². The minimum Gasteiger partial charge on any atom is -0.425 e. The summed E-state index contributed by atoms with van der Waals surface area (Å²) in [6.07, 6.45) is 7.20. The smallest absolute Gasteiger partial charge is 0.224 e. The zero-order valence-corrected chi connectivity index (χ0v) is 13.1. The summed E-state index contributed by atoms with van der Waals surface area (Å²) >= 11 is 0. The van der Waals surface area contributed by atoms with Gasteiger partial charge >= 0.3 is 0 Å². The first-order valence-corrected chi connectivity index (χ1v) is 8.04. The van der Waals surface area contributed by atoms with Crippen molar-refractivity contribution in [1.29, 1.82) is 5.26 Å². The first-order chi connectivity index (χ1) is 11.3. The molecular formula is C16H18N6O. The molecule has 2 aliphatic rings. The SMILES string of the molecule is CCc1nnc([C@]23CCC[C@H]2CN(c2ncncc2C#N)C3)o1. The van der Waals surface area contributed by atoms with Crippen LogP contribution in [0, 0.1) is 17.2 Å². The van der Waals surface area contributed by atoms with Gasteiger partial charge in [0, 0.05) is 19.5 Å². The number of aryl methyl sites for hydroxylation is 1. The molecule has 0 aromatic carbocycles. The Labute approximate surface area is 134 Å². The van der Waals surface area contributed by atoms with Crippen molar-refractivity contribution in [3.8, 4) is 6.07 Å². The summed E-state index contributed by atoms with van der Waals surface area (Å²) in [5.41, 5.74) is 0.417. The second kappa shape index (κ2) is 5.30. The van der Waals surface area contributed by atoms with E-state index in [4.69, 9.17) is 4.42 Å². The molecule has 2 fully saturated rings. The lowest BCUT2D eigenvalue weighted by Crippen LogP contribution is -2.32. The number of aromatic nitrogens is 4. The fraction of sp³-hybridized carbons (Fsp3) is 0.562. The molecule has 118 valence electrons. The average molecular weight is 310 g/mol. The van der Waals surface area contributed by atoms with Crippen LogP contribution in [0.5, 0.6) is 0 Å². The Morgan fingerprint density at radius 1 is 1.48 bits per heavy atom. The molecular weight excluding hydrogens is 292 g/mol. The first-order valence-electron chi connectivity index (χ1n) is 8.04. The maximum atomic E-state index is 9.30. The van der Waals surface area contributed by atoms with E-state index in [0.29, 0.717) is 23.2 Å². The van der Waals surface area contributed by atoms with E-state index < -0.39 is 0 Å². The van der Waals surface area contributed by atoms with E-state index in [0.717, 1.165) is 38.2 Å². The van der Waals surface area contributed by atoms with Crippen molar-refractivity contribution >= 4 is 5.82 Å². The van der Waals surface area contributed by atoms with Gasteiger partial charge < -0.3 is 9.32 Å². The number of anilines is 1. The van der Waals surface area contributed by atoms with Crippen molar-refractivity contribution in [2.45, 2.75) is 38.0 Å². The average Bonchev–Trinajstić information content (AvgIpc) is 3.27. The zero-order chi connectivity index (χ0) is 15.9. The quantitative estimate of drug-likeness (QED) is 0.854. The summed E-state index contributed by atoms with van der Waals surface area (Å²) in [5.74, 6) is 2.63. The van der Waals surface area contributed by atoms with Crippen molar-refractivity contribution in [2.75, 3.05) is 18.0 Å². The van der Waals surface area contributed by atoms with E-state index in [2.05, 4.69) is 31.1 Å². The maximum Gasteiger partial charge on any atom is 0.224 e. The van der Waals surface area contributed by atoms with Crippen LogP contribution < -0.4 is 4.90 Å². The van der Waals surface area contributed by atoms with E-state index in [1.807, 2.05) is 6.92 Å². The first kappa shape index (κ1) is 14.1. The lowest BCUT2D eigenvalue weighted by molar-refractivity contribution is 0.297. The molecule has 1 saturated carbocycles. The summed E-state index contributed by atoms with van der Waals surface area (Å²) in [6.45, 7) is 3.66. The Kier molecular flexibility index (Phi) is 3.26. The predicted octanol–water partition coefficient (Wildman–Crippen LogP) is 1.85. The standard InChI is InChI=1S/C16H18N6O/c1-2-13-20-21-15(23-13)16-5-3-4-12(16)8-22(9-16)14-11(6-17)7-18-10-19-14/h7,10,12H,2-5,8-9H2,1H3/t12-,16-/m0/s1. The molecule has 7 nitrogen and oxygen atoms in total. The highest BCUT2D eigenvalue weighted by atomic mass is 16.4. The molecule has 3 heterocycles. The van der Waals surface area contributed by atoms with Gasteiger partial charge in [-0.2, -0.15) is 5.26 Å². The van der Waals surface area contributed by atoms with Crippen molar-refractivity contribution < 1.29 is 4.42 Å². The molecule has 0 bridgehead atoms. The van der Waals surface area contributed by atoms with E-state index >= 15 is 0 Å². The van der Waals surface area contributed by atoms with Crippen LogP contribution in [0.15, 0.2) is 16.9 Å². The van der Waals surface area contributed by atoms with Gasteiger partial charge in [0.1, 0.15) is 23.8 Å². The largest absolute Gasteiger partial charge is 0.425 e. The van der Waals surface area contributed by atoms with Gasteiger partial charge in [0.2, 0.25) is 11.8 Å². The van der Waals surface area contributed by atoms with Gasteiger partial charge in [-0.1, -0.05) is 13.3 Å². The van der Waals surface area contributed by atoms with Crippen molar-refractivity contribution in [3.05, 3.63) is 29.9 Å². The molecule has 7 heteroatoms. The lowest BCUT2D eigenvalue weighted by Gasteiger charge is -2.24. The summed E-state index contributed by atoms with van der Waals surface area (Å²) < 4.78 is 5.92. The molecule has 0 amide bonds. The third-order valence-electron chi connectivity index (χ3n) is 5.18. The van der Waals surface area contributed by atoms with Crippen LogP contribution in [0.25, 0.3) is 0 Å². The van der Waals surface area contributed by atoms with Crippen molar-refractivity contribution in [2.24, 2.45) is 5.92 Å². The van der Waals surface area contributed by atoms with Crippen LogP contribution in [0.3, 0.4) is 0 Å². The third-order valence-corrected chi connectivity index (χ3v) is 5.18. The summed E-state index contributed by atoms with van der Waals surface area (Å²) in [7, 11) is 0. The van der Waals surface area contributed by atoms with Crippen molar-refractivity contribution in [3.63, 3.8) is 0 Å². The lowest BCUT2D eigenvalue weighted by atomic mass is 9.80. The molecule has 1 aliphatic heterocycles. The van der Waals surface area contributed by atoms with E-state index in [1.54, 1.807) is 6.20 Å². The minimum atomic E-state index is -0.0991. The Morgan fingerprint density at radius 2 is 2.39 bits per heavy atom. The van der Waals surface area contributed by atoms with E-state index in [9.17, 15) is 5.26 Å². The Balaban J connectivity index is 1.70. The van der Waals surface area contributed by atoms with Gasteiger partial charge in [0.15, 0.2) is 0 Å². The van der Waals surface area contributed by atoms with Crippen LogP contribution >= 0.6 is 0 Å². The second-order valence-electron chi connectivity index (χ2n) is 6.35. The van der Waals surface area contributed by atoms with Gasteiger partial charge in [-0.25, -0.2) is 9.97 Å². The van der Waals surface area contributed by atoms with Gasteiger partial charge in [-0.3, -0.25) is 0 Å². The molecule has 0 N–H and O–H groups in total. The number of hydrogen-bond acceptors (Lipinski definition) is 7. The minimum absolute atomic E-state index is 0.0991. The molecule has 0 spiro atoms. The van der Waals surface area contributed by atoms with Gasteiger partial charge in [-0.15, -0.1) is 10.2 Å². The molecule has 2 aromatic rings. The Morgan fingerprint density at radius 3 is 3.17 bits per heavy atom. The highest BCUT2D eigenvalue weighted by Crippen LogP contribution is 2.50. The van der Waals surface area contributed by atoms with E-state index in [1.165, 1.54) is 12.7 Å². The molecule has 1 aliphatic carbocycles. The normalized spacial score (nSPS) is 26.3.